The van der Waals surface area contributed by atoms with E-state index in [1.165, 1.54) is 0 Å². The first-order valence-electron chi connectivity index (χ1n) is 19.0. The largest absolute Gasteiger partial charge is 0.496 e. The third-order valence-corrected chi connectivity index (χ3v) is 11.2. The third-order valence-electron chi connectivity index (χ3n) is 10.8. The highest BCUT2D eigenvalue weighted by molar-refractivity contribution is 9.10. The molecule has 7 heterocycles. The summed E-state index contributed by atoms with van der Waals surface area (Å²) in [4.78, 5) is 0. The smallest absolute Gasteiger partial charge is 0.405 e. The number of fused-ring (bicyclic) bond motifs is 2. The summed E-state index contributed by atoms with van der Waals surface area (Å²) in [6, 6.07) is 12.0. The van der Waals surface area contributed by atoms with Gasteiger partial charge in [-0.25, -0.2) is 9.03 Å². The number of pyridine rings is 2. The summed E-state index contributed by atoms with van der Waals surface area (Å²) in [6.45, 7) is 27.9. The molecule has 0 spiro atoms. The van der Waals surface area contributed by atoms with E-state index in [2.05, 4.69) is 113 Å². The molecular weight excluding hydrogens is 793 g/mol. The van der Waals surface area contributed by atoms with Gasteiger partial charge in [0.15, 0.2) is 0 Å². The lowest BCUT2D eigenvalue weighted by Crippen LogP contribution is -2.41. The number of hydrogen-bond donors (Lipinski definition) is 0. The van der Waals surface area contributed by atoms with Crippen LogP contribution >= 0.6 is 15.9 Å². The second-order valence-electron chi connectivity index (χ2n) is 16.5. The van der Waals surface area contributed by atoms with Gasteiger partial charge in [-0.2, -0.15) is 10.2 Å². The van der Waals surface area contributed by atoms with Crippen molar-refractivity contribution < 1.29 is 27.9 Å². The van der Waals surface area contributed by atoms with Crippen molar-refractivity contribution in [2.75, 3.05) is 0 Å². The second kappa shape index (κ2) is 18.7. The van der Waals surface area contributed by atoms with Crippen LogP contribution in [-0.4, -0.2) is 74.0 Å². The molecule has 0 radical (unpaired) electrons. The average molecular weight is 845 g/mol. The summed E-state index contributed by atoms with van der Waals surface area (Å²) in [5.41, 5.74) is 1.11. The number of nitrogens with zero attached hydrogens (tertiary/aromatic N) is 4. The van der Waals surface area contributed by atoms with Gasteiger partial charge in [0.05, 0.1) is 44.6 Å². The van der Waals surface area contributed by atoms with Crippen molar-refractivity contribution >= 4 is 53.6 Å². The minimum atomic E-state index is -0.476. The summed E-state index contributed by atoms with van der Waals surface area (Å²) in [5, 5.41) is 8.30. The van der Waals surface area contributed by atoms with E-state index in [4.69, 9.17) is 27.9 Å². The summed E-state index contributed by atoms with van der Waals surface area (Å²) in [6.07, 6.45) is 7.44. The van der Waals surface area contributed by atoms with Crippen molar-refractivity contribution in [1.82, 2.24) is 19.2 Å². The Hall–Kier alpha value is -4.39. The van der Waals surface area contributed by atoms with Crippen molar-refractivity contribution in [3.8, 4) is 59.2 Å². The molecule has 4 aromatic rings. The monoisotopic (exact) mass is 844 g/mol. The van der Waals surface area contributed by atoms with Crippen molar-refractivity contribution in [3.05, 3.63) is 65.7 Å². The lowest BCUT2D eigenvalue weighted by Gasteiger charge is -2.32. The van der Waals surface area contributed by atoms with Crippen molar-refractivity contribution in [2.24, 2.45) is 0 Å². The molecule has 4 aromatic heterocycles. The number of aromatic nitrogens is 4. The molecule has 14 heteroatoms. The van der Waals surface area contributed by atoms with Gasteiger partial charge in [-0.15, -0.1) is 0 Å². The molecule has 7 rings (SSSR count). The molecule has 0 bridgehead atoms. The van der Waals surface area contributed by atoms with Crippen LogP contribution in [0.25, 0.3) is 11.0 Å². The van der Waals surface area contributed by atoms with Gasteiger partial charge in [0.2, 0.25) is 0 Å². The summed E-state index contributed by atoms with van der Waals surface area (Å²) >= 11 is 3.36. The normalized spacial score (nSPS) is 19.3. The lowest BCUT2D eigenvalue weighted by atomic mass is 9.49. The Kier molecular flexibility index (Phi) is 14.9. The van der Waals surface area contributed by atoms with Crippen LogP contribution in [0.2, 0.25) is 0 Å². The highest BCUT2D eigenvalue weighted by Gasteiger charge is 2.63. The molecular formula is C44H52B3BrN4O6. The Morgan fingerprint density at radius 3 is 1.21 bits per heavy atom. The summed E-state index contributed by atoms with van der Waals surface area (Å²) < 4.78 is 40.6. The van der Waals surface area contributed by atoms with Crippen LogP contribution in [-0.2, 0) is 27.9 Å². The van der Waals surface area contributed by atoms with E-state index in [1.54, 1.807) is 26.2 Å². The first-order valence-corrected chi connectivity index (χ1v) is 19.8. The molecule has 0 unspecified atom stereocenters. The van der Waals surface area contributed by atoms with Gasteiger partial charge in [-0.1, -0.05) is 17.9 Å². The topological polar surface area (TPSA) is 90.0 Å². The molecule has 3 saturated heterocycles. The fourth-order valence-electron chi connectivity index (χ4n) is 5.25. The van der Waals surface area contributed by atoms with Crippen LogP contribution in [0.5, 0.6) is 0 Å². The van der Waals surface area contributed by atoms with Gasteiger partial charge in [-0.3, -0.25) is 0 Å². The maximum atomic E-state index is 6.01. The molecule has 3 fully saturated rings. The highest BCUT2D eigenvalue weighted by atomic mass is 79.9. The van der Waals surface area contributed by atoms with Gasteiger partial charge >= 0.3 is 21.1 Å². The molecule has 3 aliphatic heterocycles. The maximum Gasteiger partial charge on any atom is 0.496 e. The lowest BCUT2D eigenvalue weighted by molar-refractivity contribution is 0.00578. The molecule has 0 saturated carbocycles. The minimum Gasteiger partial charge on any atom is -0.405 e. The molecule has 10 nitrogen and oxygen atoms in total. The van der Waals surface area contributed by atoms with Crippen LogP contribution < -0.4 is 5.46 Å². The van der Waals surface area contributed by atoms with Gasteiger partial charge in [0.1, 0.15) is 0 Å². The number of halogens is 1. The Morgan fingerprint density at radius 2 is 0.810 bits per heavy atom. The Morgan fingerprint density at radius 1 is 0.466 bits per heavy atom. The SMILES string of the molecule is Brc1ccc2ccnn2c1.CC#CC#CC#CC#CC#CC.CC1(C)OB(B2OC(C)(C)C(C)(C)O2)OC1(C)C.CC1(C)OB(c2ccc3ccnn3c2)OC1(C)C. The summed E-state index contributed by atoms with van der Waals surface area (Å²) in [7, 11) is -1.28. The van der Waals surface area contributed by atoms with Gasteiger partial charge in [0, 0.05) is 34.7 Å². The van der Waals surface area contributed by atoms with Crippen LogP contribution in [0.1, 0.15) is 96.9 Å². The zero-order chi connectivity index (χ0) is 43.0. The van der Waals surface area contributed by atoms with Gasteiger partial charge in [0.25, 0.3) is 0 Å². The van der Waals surface area contributed by atoms with Crippen LogP contribution in [0.4, 0.5) is 0 Å². The molecule has 0 aromatic carbocycles. The first kappa shape index (κ1) is 46.3. The van der Waals surface area contributed by atoms with E-state index >= 15 is 0 Å². The Bertz CT molecular complexity index is 2270. The predicted molar refractivity (Wildman–Crippen MR) is 236 cm³/mol. The average Bonchev–Trinajstić information content (AvgIpc) is 3.92. The maximum absolute atomic E-state index is 6.01. The summed E-state index contributed by atoms with van der Waals surface area (Å²) in [5.74, 6) is 25.6. The fraction of sp³-hybridized carbons (Fsp3) is 0.455. The minimum absolute atomic E-state index is 0.309. The molecule has 58 heavy (non-hydrogen) atoms. The molecule has 300 valence electrons. The van der Waals surface area contributed by atoms with E-state index in [9.17, 15) is 0 Å². The van der Waals surface area contributed by atoms with Crippen molar-refractivity contribution in [1.29, 1.82) is 0 Å². The zero-order valence-electron chi connectivity index (χ0n) is 36.1. The Labute approximate surface area is 354 Å². The quantitative estimate of drug-likeness (QED) is 0.157. The van der Waals surface area contributed by atoms with E-state index in [0.29, 0.717) is 0 Å². The zero-order valence-corrected chi connectivity index (χ0v) is 37.7. The van der Waals surface area contributed by atoms with Gasteiger partial charge < -0.3 is 27.9 Å². The van der Waals surface area contributed by atoms with E-state index < -0.39 is 14.0 Å². The first-order chi connectivity index (χ1) is 27.0. The van der Waals surface area contributed by atoms with E-state index in [-0.39, 0.29) is 40.7 Å². The van der Waals surface area contributed by atoms with E-state index in [0.717, 1.165) is 21.0 Å². The van der Waals surface area contributed by atoms with Crippen LogP contribution in [0.15, 0.2) is 65.7 Å². The molecule has 0 aliphatic carbocycles. The molecule has 0 N–H and O–H groups in total. The fourth-order valence-corrected chi connectivity index (χ4v) is 5.58. The van der Waals surface area contributed by atoms with Gasteiger partial charge in [-0.05, 0) is 191 Å². The molecule has 0 amide bonds. The standard InChI is InChI=1S/C13H17BN2O2.C12H24B2O4.C12H6.C7H5BrN2/c1-12(2)13(3,4)18-14(17-12)10-5-6-11-7-8-15-16(11)9-10;1-9(2)10(3,4)16-13(15-9)14-17-11(5,6)12(7,8)18-14;1-3-5-7-9-11-12-10-8-6-4-2;8-6-1-2-7-3-4-9-10(7)5-6/h5-9H,1-4H3;1-8H3;1-2H3;1-5H. The van der Waals surface area contributed by atoms with Crippen molar-refractivity contribution in [2.45, 2.75) is 131 Å². The Balaban J connectivity index is 0.000000176. The molecule has 0 atom stereocenters. The predicted octanol–water partition coefficient (Wildman–Crippen LogP) is 7.02. The van der Waals surface area contributed by atoms with Crippen LogP contribution in [0.3, 0.4) is 0 Å². The second-order valence-corrected chi connectivity index (χ2v) is 17.5. The molecule has 3 aliphatic rings. The highest BCUT2D eigenvalue weighted by Crippen LogP contribution is 2.43. The third kappa shape index (κ3) is 11.4. The number of hydrogen-bond acceptors (Lipinski definition) is 8. The van der Waals surface area contributed by atoms with Crippen molar-refractivity contribution in [3.63, 3.8) is 0 Å². The van der Waals surface area contributed by atoms with E-state index in [1.807, 2.05) is 113 Å². The number of rotatable bonds is 2. The van der Waals surface area contributed by atoms with Crippen LogP contribution in [0, 0.1) is 59.2 Å².